The molecule has 0 bridgehead atoms. The molecule has 0 spiro atoms. The zero-order valence-electron chi connectivity index (χ0n) is 19.7. The molecule has 0 heterocycles. The van der Waals surface area contributed by atoms with Gasteiger partial charge in [0.15, 0.2) is 18.1 Å². The molecule has 8 nitrogen and oxygen atoms in total. The van der Waals surface area contributed by atoms with E-state index in [1.807, 2.05) is 48.5 Å². The van der Waals surface area contributed by atoms with E-state index in [1.54, 1.807) is 14.2 Å². The number of nitrogens with two attached hydrogens (primary N) is 1. The number of halogens is 1. The Labute approximate surface area is 208 Å². The van der Waals surface area contributed by atoms with Crippen molar-refractivity contribution in [2.24, 2.45) is 5.73 Å². The molecular weight excluding hydrogens is 472 g/mol. The summed E-state index contributed by atoms with van der Waals surface area (Å²) in [5.41, 5.74) is 7.32. The zero-order valence-corrected chi connectivity index (χ0v) is 20.4. The summed E-state index contributed by atoms with van der Waals surface area (Å²) in [7, 11) is 4.62. The molecule has 0 aromatic heterocycles. The number of nitrogens with one attached hydrogen (secondary N) is 1. The van der Waals surface area contributed by atoms with Crippen molar-refractivity contribution >= 4 is 23.4 Å². The van der Waals surface area contributed by atoms with Crippen molar-refractivity contribution < 1.29 is 28.5 Å². The van der Waals surface area contributed by atoms with Gasteiger partial charge in [0.05, 0.1) is 32.4 Å². The largest absolute Gasteiger partial charge is 0.497 e. The summed E-state index contributed by atoms with van der Waals surface area (Å²) in [6.45, 7) is -0.372. The van der Waals surface area contributed by atoms with Crippen molar-refractivity contribution in [2.75, 3.05) is 27.9 Å². The van der Waals surface area contributed by atoms with Gasteiger partial charge in [-0.05, 0) is 53.9 Å². The molecule has 0 radical (unpaired) electrons. The van der Waals surface area contributed by atoms with Crippen LogP contribution in [0.2, 0.25) is 5.02 Å². The van der Waals surface area contributed by atoms with Crippen molar-refractivity contribution in [3.63, 3.8) is 0 Å². The van der Waals surface area contributed by atoms with E-state index < -0.39 is 5.91 Å². The molecule has 9 heteroatoms. The molecule has 0 saturated carbocycles. The van der Waals surface area contributed by atoms with Crippen LogP contribution in [0.15, 0.2) is 60.7 Å². The first kappa shape index (κ1) is 25.7. The van der Waals surface area contributed by atoms with Crippen molar-refractivity contribution in [1.82, 2.24) is 5.32 Å². The third-order valence-corrected chi connectivity index (χ3v) is 5.55. The lowest BCUT2D eigenvalue weighted by atomic mass is 9.98. The van der Waals surface area contributed by atoms with E-state index >= 15 is 0 Å². The Morgan fingerprint density at radius 3 is 2.06 bits per heavy atom. The van der Waals surface area contributed by atoms with Gasteiger partial charge in [0.1, 0.15) is 11.5 Å². The number of methoxy groups -OCH3 is 3. The van der Waals surface area contributed by atoms with Gasteiger partial charge in [0.2, 0.25) is 0 Å². The Morgan fingerprint density at radius 2 is 1.51 bits per heavy atom. The highest BCUT2D eigenvalue weighted by Crippen LogP contribution is 2.36. The summed E-state index contributed by atoms with van der Waals surface area (Å²) in [6, 6.07) is 17.7. The van der Waals surface area contributed by atoms with Crippen LogP contribution in [0.1, 0.15) is 27.5 Å². The average molecular weight is 499 g/mol. The third-order valence-electron chi connectivity index (χ3n) is 5.27. The summed E-state index contributed by atoms with van der Waals surface area (Å²) in [4.78, 5) is 24.3. The van der Waals surface area contributed by atoms with Gasteiger partial charge in [-0.2, -0.15) is 0 Å². The monoisotopic (exact) mass is 498 g/mol. The van der Waals surface area contributed by atoms with E-state index in [2.05, 4.69) is 5.32 Å². The van der Waals surface area contributed by atoms with Crippen molar-refractivity contribution in [1.29, 1.82) is 0 Å². The Morgan fingerprint density at radius 1 is 0.914 bits per heavy atom. The second-order valence-electron chi connectivity index (χ2n) is 7.60. The fourth-order valence-electron chi connectivity index (χ4n) is 3.46. The van der Waals surface area contributed by atoms with Gasteiger partial charge < -0.3 is 30.0 Å². The molecule has 3 rings (SSSR count). The minimum absolute atomic E-state index is 0.118. The molecule has 1 unspecified atom stereocenters. The predicted octanol–water partition coefficient (Wildman–Crippen LogP) is 3.94. The van der Waals surface area contributed by atoms with Crippen LogP contribution in [0.4, 0.5) is 0 Å². The highest BCUT2D eigenvalue weighted by atomic mass is 35.5. The van der Waals surface area contributed by atoms with Gasteiger partial charge in [-0.3, -0.25) is 9.59 Å². The van der Waals surface area contributed by atoms with E-state index in [9.17, 15) is 9.59 Å². The van der Waals surface area contributed by atoms with Crippen LogP contribution in [-0.4, -0.2) is 39.8 Å². The summed E-state index contributed by atoms with van der Waals surface area (Å²) in [6.07, 6.45) is 0.534. The third kappa shape index (κ3) is 6.80. The minimum atomic E-state index is -0.661. The fraction of sp³-hybridized carbons (Fsp3) is 0.231. The maximum Gasteiger partial charge on any atom is 0.255 e. The topological polar surface area (TPSA) is 109 Å². The Bertz CT molecular complexity index is 1170. The van der Waals surface area contributed by atoms with Crippen LogP contribution < -0.4 is 30.0 Å². The number of primary amides is 1. The first-order valence-electron chi connectivity index (χ1n) is 10.7. The normalized spacial score (nSPS) is 11.3. The molecule has 0 aliphatic heterocycles. The van der Waals surface area contributed by atoms with Gasteiger partial charge in [0, 0.05) is 5.56 Å². The van der Waals surface area contributed by atoms with Crippen molar-refractivity contribution in [3.05, 3.63) is 82.4 Å². The van der Waals surface area contributed by atoms with Crippen LogP contribution >= 0.6 is 11.6 Å². The minimum Gasteiger partial charge on any atom is -0.497 e. The molecule has 3 aromatic rings. The van der Waals surface area contributed by atoms with Crippen LogP contribution in [0.25, 0.3) is 0 Å². The molecular formula is C26H27ClN2O6. The lowest BCUT2D eigenvalue weighted by Crippen LogP contribution is -2.30. The number of carbonyl (C=O) groups is 2. The Balaban J connectivity index is 1.88. The molecule has 0 fully saturated rings. The molecule has 3 N–H and O–H groups in total. The molecule has 1 atom stereocenters. The molecule has 35 heavy (non-hydrogen) atoms. The smallest absolute Gasteiger partial charge is 0.255 e. The second kappa shape index (κ2) is 12.0. The zero-order chi connectivity index (χ0) is 25.4. The Hall–Kier alpha value is -3.91. The van der Waals surface area contributed by atoms with E-state index in [1.165, 1.54) is 19.2 Å². The first-order valence-corrected chi connectivity index (χ1v) is 11.1. The number of benzene rings is 3. The van der Waals surface area contributed by atoms with Gasteiger partial charge in [0.25, 0.3) is 11.8 Å². The predicted molar refractivity (Wildman–Crippen MR) is 133 cm³/mol. The maximum absolute atomic E-state index is 13.3. The molecule has 3 aromatic carbocycles. The van der Waals surface area contributed by atoms with Crippen molar-refractivity contribution in [3.8, 4) is 23.0 Å². The average Bonchev–Trinajstić information content (AvgIpc) is 2.87. The second-order valence-corrected chi connectivity index (χ2v) is 8.00. The van der Waals surface area contributed by atoms with E-state index in [4.69, 9.17) is 36.3 Å². The first-order chi connectivity index (χ1) is 16.8. The lowest BCUT2D eigenvalue weighted by Gasteiger charge is -2.21. The summed E-state index contributed by atoms with van der Waals surface area (Å²) in [5.74, 6) is 0.784. The standard InChI is InChI=1S/C26H27ClN2O6/c1-32-19-8-4-16(5-9-19)12-22(17-6-10-20(33-2)11-7-17)29-26(31)18-13-21(27)25(23(14-18)34-3)35-15-24(28)30/h4-11,13-14,22H,12,15H2,1-3H3,(H2,28,30)(H,29,31). The SMILES string of the molecule is COc1ccc(CC(NC(=O)c2cc(Cl)c(OCC(N)=O)c(OC)c2)c2ccc(OC)cc2)cc1. The van der Waals surface area contributed by atoms with Gasteiger partial charge in [-0.1, -0.05) is 35.9 Å². The summed E-state index contributed by atoms with van der Waals surface area (Å²) < 4.78 is 21.1. The lowest BCUT2D eigenvalue weighted by molar-refractivity contribution is -0.119. The fourth-order valence-corrected chi connectivity index (χ4v) is 3.73. The highest BCUT2D eigenvalue weighted by Gasteiger charge is 2.21. The van der Waals surface area contributed by atoms with Crippen LogP contribution in [0.3, 0.4) is 0 Å². The number of hydrogen-bond donors (Lipinski definition) is 2. The van der Waals surface area contributed by atoms with Gasteiger partial charge in [-0.15, -0.1) is 0 Å². The van der Waals surface area contributed by atoms with E-state index in [0.29, 0.717) is 12.2 Å². The number of rotatable bonds is 11. The molecule has 0 saturated heterocycles. The van der Waals surface area contributed by atoms with E-state index in [-0.39, 0.29) is 40.6 Å². The van der Waals surface area contributed by atoms with Crippen molar-refractivity contribution in [2.45, 2.75) is 12.5 Å². The molecule has 184 valence electrons. The quantitative estimate of drug-likeness (QED) is 0.414. The highest BCUT2D eigenvalue weighted by molar-refractivity contribution is 6.32. The number of hydrogen-bond acceptors (Lipinski definition) is 6. The Kier molecular flexibility index (Phi) is 8.80. The molecule has 2 amide bonds. The summed E-state index contributed by atoms with van der Waals surface area (Å²) >= 11 is 6.32. The van der Waals surface area contributed by atoms with Gasteiger partial charge >= 0.3 is 0 Å². The number of carbonyl (C=O) groups excluding carboxylic acids is 2. The van der Waals surface area contributed by atoms with Crippen LogP contribution in [0.5, 0.6) is 23.0 Å². The number of ether oxygens (including phenoxy) is 4. The molecule has 0 aliphatic carbocycles. The number of amides is 2. The summed E-state index contributed by atoms with van der Waals surface area (Å²) in [5, 5.41) is 3.19. The maximum atomic E-state index is 13.3. The van der Waals surface area contributed by atoms with Crippen LogP contribution in [-0.2, 0) is 11.2 Å². The van der Waals surface area contributed by atoms with E-state index in [0.717, 1.165) is 16.9 Å². The molecule has 0 aliphatic rings. The van der Waals surface area contributed by atoms with Gasteiger partial charge in [-0.25, -0.2) is 0 Å². The van der Waals surface area contributed by atoms with Crippen LogP contribution in [0, 0.1) is 0 Å².